The number of aryl methyl sites for hydroxylation is 1. The quantitative estimate of drug-likeness (QED) is 0.308. The predicted molar refractivity (Wildman–Crippen MR) is 135 cm³/mol. The van der Waals surface area contributed by atoms with Crippen LogP contribution in [-0.2, 0) is 22.6 Å². The molecule has 0 aliphatic heterocycles. The molecule has 3 rings (SSSR count). The molecule has 2 aromatic carbocycles. The SMILES string of the molecule is CCOC(=O)c1ccc(Cl)c(NC(=O)CSc2nnc(CNC(=O)c3cccc(C)c3)n2CC)c1. The van der Waals surface area contributed by atoms with Gasteiger partial charge in [-0.15, -0.1) is 10.2 Å². The Bertz CT molecular complexity index is 1230. The summed E-state index contributed by atoms with van der Waals surface area (Å²) in [5.41, 5.74) is 2.19. The van der Waals surface area contributed by atoms with Crippen LogP contribution in [0.1, 0.15) is 46.0 Å². The van der Waals surface area contributed by atoms with Crippen molar-refractivity contribution in [1.29, 1.82) is 0 Å². The summed E-state index contributed by atoms with van der Waals surface area (Å²) in [5, 5.41) is 14.8. The summed E-state index contributed by atoms with van der Waals surface area (Å²) in [6, 6.07) is 11.9. The Labute approximate surface area is 212 Å². The minimum absolute atomic E-state index is 0.0494. The number of hydrogen-bond donors (Lipinski definition) is 2. The number of aromatic nitrogens is 3. The van der Waals surface area contributed by atoms with E-state index in [-0.39, 0.29) is 30.7 Å². The fourth-order valence-corrected chi connectivity index (χ4v) is 4.19. The van der Waals surface area contributed by atoms with Gasteiger partial charge in [-0.3, -0.25) is 9.59 Å². The molecule has 2 N–H and O–H groups in total. The van der Waals surface area contributed by atoms with E-state index >= 15 is 0 Å². The van der Waals surface area contributed by atoms with E-state index in [1.54, 1.807) is 13.0 Å². The first-order valence-electron chi connectivity index (χ1n) is 11.0. The van der Waals surface area contributed by atoms with Crippen LogP contribution < -0.4 is 10.6 Å². The molecule has 0 radical (unpaired) electrons. The van der Waals surface area contributed by atoms with Crippen LogP contribution in [0.15, 0.2) is 47.6 Å². The van der Waals surface area contributed by atoms with Crippen molar-refractivity contribution >= 4 is 46.8 Å². The minimum Gasteiger partial charge on any atom is -0.462 e. The lowest BCUT2D eigenvalue weighted by Crippen LogP contribution is -2.25. The normalized spacial score (nSPS) is 10.6. The molecule has 0 unspecified atom stereocenters. The molecule has 0 saturated carbocycles. The van der Waals surface area contributed by atoms with Crippen molar-refractivity contribution in [3.05, 3.63) is 70.0 Å². The maximum atomic E-state index is 12.5. The summed E-state index contributed by atoms with van der Waals surface area (Å²) in [6.07, 6.45) is 0. The standard InChI is InChI=1S/C24H26ClN5O4S/c1-4-30-20(13-26-22(32)16-8-6-7-15(3)11-16)28-29-24(30)35-14-21(31)27-19-12-17(9-10-18(19)25)23(33)34-5-2/h6-12H,4-5,13-14H2,1-3H3,(H,26,32)(H,27,31). The van der Waals surface area contributed by atoms with Crippen LogP contribution in [0, 0.1) is 6.92 Å². The minimum atomic E-state index is -0.493. The molecule has 9 nitrogen and oxygen atoms in total. The van der Waals surface area contributed by atoms with E-state index in [0.29, 0.717) is 39.4 Å². The van der Waals surface area contributed by atoms with Gasteiger partial charge < -0.3 is 19.9 Å². The number of carbonyl (C=O) groups excluding carboxylic acids is 3. The Hall–Kier alpha value is -3.37. The molecule has 0 aliphatic carbocycles. The van der Waals surface area contributed by atoms with Crippen molar-refractivity contribution in [2.45, 2.75) is 39.0 Å². The lowest BCUT2D eigenvalue weighted by Gasteiger charge is -2.10. The summed E-state index contributed by atoms with van der Waals surface area (Å²) in [5.74, 6) is -0.380. The second-order valence-electron chi connectivity index (χ2n) is 7.45. The fraction of sp³-hybridized carbons (Fsp3) is 0.292. The van der Waals surface area contributed by atoms with Gasteiger partial charge in [0.1, 0.15) is 0 Å². The highest BCUT2D eigenvalue weighted by molar-refractivity contribution is 7.99. The number of hydrogen-bond acceptors (Lipinski definition) is 7. The molecule has 3 aromatic rings. The third-order valence-corrected chi connectivity index (χ3v) is 6.18. The number of rotatable bonds is 10. The Kier molecular flexibility index (Phi) is 9.27. The molecule has 0 atom stereocenters. The number of thioether (sulfide) groups is 1. The van der Waals surface area contributed by atoms with Crippen LogP contribution in [0.5, 0.6) is 0 Å². The Balaban J connectivity index is 1.59. The number of amides is 2. The zero-order valence-electron chi connectivity index (χ0n) is 19.6. The number of halogens is 1. The van der Waals surface area contributed by atoms with Crippen LogP contribution in [0.3, 0.4) is 0 Å². The van der Waals surface area contributed by atoms with Crippen LogP contribution in [0.2, 0.25) is 5.02 Å². The van der Waals surface area contributed by atoms with Crippen molar-refractivity contribution in [3.63, 3.8) is 0 Å². The van der Waals surface area contributed by atoms with Crippen molar-refractivity contribution in [3.8, 4) is 0 Å². The van der Waals surface area contributed by atoms with Crippen molar-refractivity contribution in [2.24, 2.45) is 0 Å². The van der Waals surface area contributed by atoms with Gasteiger partial charge in [-0.2, -0.15) is 0 Å². The van der Waals surface area contributed by atoms with Gasteiger partial charge in [0.15, 0.2) is 11.0 Å². The number of nitrogens with one attached hydrogen (secondary N) is 2. The molecule has 0 fully saturated rings. The first-order valence-corrected chi connectivity index (χ1v) is 12.3. The van der Waals surface area contributed by atoms with E-state index in [4.69, 9.17) is 16.3 Å². The lowest BCUT2D eigenvalue weighted by atomic mass is 10.1. The Morgan fingerprint density at radius 2 is 1.89 bits per heavy atom. The second-order valence-corrected chi connectivity index (χ2v) is 8.80. The van der Waals surface area contributed by atoms with Crippen LogP contribution in [0.25, 0.3) is 0 Å². The van der Waals surface area contributed by atoms with Gasteiger partial charge in [-0.05, 0) is 51.1 Å². The van der Waals surface area contributed by atoms with Crippen molar-refractivity contribution < 1.29 is 19.1 Å². The molecule has 0 bridgehead atoms. The molecular weight excluding hydrogens is 490 g/mol. The Morgan fingerprint density at radius 3 is 2.60 bits per heavy atom. The lowest BCUT2D eigenvalue weighted by molar-refractivity contribution is -0.113. The molecular formula is C24H26ClN5O4S. The predicted octanol–water partition coefficient (Wildman–Crippen LogP) is 4.10. The summed E-state index contributed by atoms with van der Waals surface area (Å²) in [4.78, 5) is 36.9. The van der Waals surface area contributed by atoms with E-state index < -0.39 is 5.97 Å². The van der Waals surface area contributed by atoms with Gasteiger partial charge in [0, 0.05) is 12.1 Å². The number of benzene rings is 2. The van der Waals surface area contributed by atoms with E-state index in [2.05, 4.69) is 20.8 Å². The van der Waals surface area contributed by atoms with E-state index in [9.17, 15) is 14.4 Å². The molecule has 0 spiro atoms. The van der Waals surface area contributed by atoms with Crippen LogP contribution in [-0.4, -0.2) is 44.9 Å². The number of anilines is 1. The third-order valence-electron chi connectivity index (χ3n) is 4.88. The highest BCUT2D eigenvalue weighted by atomic mass is 35.5. The van der Waals surface area contributed by atoms with Gasteiger partial charge in [0.2, 0.25) is 5.91 Å². The first kappa shape index (κ1) is 26.2. The van der Waals surface area contributed by atoms with E-state index in [1.165, 1.54) is 30.0 Å². The zero-order valence-corrected chi connectivity index (χ0v) is 21.2. The van der Waals surface area contributed by atoms with E-state index in [0.717, 1.165) is 5.56 Å². The highest BCUT2D eigenvalue weighted by Crippen LogP contribution is 2.24. The zero-order chi connectivity index (χ0) is 25.4. The average Bonchev–Trinajstić information content (AvgIpc) is 3.24. The molecule has 1 heterocycles. The summed E-state index contributed by atoms with van der Waals surface area (Å²) < 4.78 is 6.82. The third kappa shape index (κ3) is 7.06. The van der Waals surface area contributed by atoms with Gasteiger partial charge in [0.05, 0.1) is 35.2 Å². The maximum absolute atomic E-state index is 12.5. The molecule has 184 valence electrons. The fourth-order valence-electron chi connectivity index (χ4n) is 3.20. The maximum Gasteiger partial charge on any atom is 0.338 e. The molecule has 0 saturated heterocycles. The van der Waals surface area contributed by atoms with Crippen LogP contribution >= 0.6 is 23.4 Å². The summed E-state index contributed by atoms with van der Waals surface area (Å²) >= 11 is 7.38. The van der Waals surface area contributed by atoms with Crippen molar-refractivity contribution in [1.82, 2.24) is 20.1 Å². The van der Waals surface area contributed by atoms with Crippen LogP contribution in [0.4, 0.5) is 5.69 Å². The molecule has 2 amide bonds. The second kappa shape index (κ2) is 12.4. The Morgan fingerprint density at radius 1 is 1.09 bits per heavy atom. The first-order chi connectivity index (χ1) is 16.8. The largest absolute Gasteiger partial charge is 0.462 e. The summed E-state index contributed by atoms with van der Waals surface area (Å²) in [7, 11) is 0. The average molecular weight is 516 g/mol. The molecule has 0 aliphatic rings. The summed E-state index contributed by atoms with van der Waals surface area (Å²) in [6.45, 7) is 6.59. The number of ether oxygens (including phenoxy) is 1. The van der Waals surface area contributed by atoms with Gasteiger partial charge >= 0.3 is 5.97 Å². The number of esters is 1. The van der Waals surface area contributed by atoms with Gasteiger partial charge in [-0.1, -0.05) is 41.1 Å². The smallest absolute Gasteiger partial charge is 0.338 e. The van der Waals surface area contributed by atoms with Gasteiger partial charge in [-0.25, -0.2) is 4.79 Å². The molecule has 11 heteroatoms. The van der Waals surface area contributed by atoms with Gasteiger partial charge in [0.25, 0.3) is 5.91 Å². The monoisotopic (exact) mass is 515 g/mol. The number of carbonyl (C=O) groups is 3. The van der Waals surface area contributed by atoms with E-state index in [1.807, 2.05) is 36.6 Å². The highest BCUT2D eigenvalue weighted by Gasteiger charge is 2.16. The number of nitrogens with zero attached hydrogens (tertiary/aromatic N) is 3. The molecule has 35 heavy (non-hydrogen) atoms. The van der Waals surface area contributed by atoms with Crippen molar-refractivity contribution in [2.75, 3.05) is 17.7 Å². The molecule has 1 aromatic heterocycles. The topological polar surface area (TPSA) is 115 Å².